The van der Waals surface area contributed by atoms with Gasteiger partial charge in [0.1, 0.15) is 24.2 Å². The van der Waals surface area contributed by atoms with Crippen molar-refractivity contribution in [1.29, 1.82) is 0 Å². The molecule has 3 rings (SSSR count). The molecule has 0 radical (unpaired) electrons. The summed E-state index contributed by atoms with van der Waals surface area (Å²) in [5, 5.41) is 14.9. The van der Waals surface area contributed by atoms with Gasteiger partial charge in [-0.25, -0.2) is 9.48 Å². The average Bonchev–Trinajstić information content (AvgIpc) is 3.64. The first-order valence-corrected chi connectivity index (χ1v) is 14.2. The Balaban J connectivity index is 1.54. The van der Waals surface area contributed by atoms with E-state index in [4.69, 9.17) is 30.5 Å². The lowest BCUT2D eigenvalue weighted by Crippen LogP contribution is -2.33. The molecule has 2 heterocycles. The molecule has 2 atom stereocenters. The Morgan fingerprint density at radius 1 is 1.12 bits per heavy atom. The van der Waals surface area contributed by atoms with E-state index in [-0.39, 0.29) is 36.1 Å². The van der Waals surface area contributed by atoms with E-state index < -0.39 is 6.09 Å². The van der Waals surface area contributed by atoms with Gasteiger partial charge in [0.15, 0.2) is 0 Å². The monoisotopic (exact) mass is 572 g/mol. The maximum Gasteiger partial charge on any atom is 0.407 e. The van der Waals surface area contributed by atoms with E-state index in [2.05, 4.69) is 21.7 Å². The predicted octanol–water partition coefficient (Wildman–Crippen LogP) is 3.54. The van der Waals surface area contributed by atoms with Crippen LogP contribution in [0.4, 0.5) is 10.6 Å². The number of ether oxygens (including phenoxy) is 4. The summed E-state index contributed by atoms with van der Waals surface area (Å²) in [4.78, 5) is 25.3. The molecule has 1 fully saturated rings. The first-order chi connectivity index (χ1) is 19.6. The number of hydrogen-bond acceptors (Lipinski definition) is 8. The normalized spacial score (nSPS) is 17.0. The molecule has 226 valence electrons. The van der Waals surface area contributed by atoms with E-state index in [1.807, 2.05) is 45.4 Å². The largest absolute Gasteiger partial charge is 0.446 e. The number of terminal acetylenes is 1. The first kappa shape index (κ1) is 32.1. The highest BCUT2D eigenvalue weighted by Gasteiger charge is 2.32. The summed E-state index contributed by atoms with van der Waals surface area (Å²) in [6.45, 7) is 12.7. The quantitative estimate of drug-likeness (QED) is 0.245. The maximum atomic E-state index is 13.3. The van der Waals surface area contributed by atoms with Gasteiger partial charge in [-0.2, -0.15) is 10.2 Å². The molecule has 2 amide bonds. The number of amides is 2. The third kappa shape index (κ3) is 10.2. The third-order valence-electron chi connectivity index (χ3n) is 6.41. The fourth-order valence-corrected chi connectivity index (χ4v) is 4.54. The van der Waals surface area contributed by atoms with Crippen molar-refractivity contribution in [2.24, 2.45) is 0 Å². The molecule has 12 nitrogen and oxygen atoms in total. The summed E-state index contributed by atoms with van der Waals surface area (Å²) >= 11 is 0. The average molecular weight is 573 g/mol. The van der Waals surface area contributed by atoms with Crippen LogP contribution in [0.1, 0.15) is 76.0 Å². The number of nitrogens with one attached hydrogen (secondary N) is 2. The lowest BCUT2D eigenvalue weighted by Gasteiger charge is -2.22. The van der Waals surface area contributed by atoms with Crippen molar-refractivity contribution in [2.45, 2.75) is 84.0 Å². The summed E-state index contributed by atoms with van der Waals surface area (Å²) in [6.07, 6.45) is 8.48. The predicted molar refractivity (Wildman–Crippen MR) is 154 cm³/mol. The van der Waals surface area contributed by atoms with Gasteiger partial charge in [-0.3, -0.25) is 9.48 Å². The van der Waals surface area contributed by atoms with E-state index in [0.29, 0.717) is 57.5 Å². The van der Waals surface area contributed by atoms with E-state index in [1.54, 1.807) is 16.9 Å². The number of rotatable bonds is 15. The molecule has 0 aliphatic heterocycles. The summed E-state index contributed by atoms with van der Waals surface area (Å²) in [7, 11) is 0. The molecule has 1 aliphatic carbocycles. The highest BCUT2D eigenvalue weighted by atomic mass is 16.6. The maximum absolute atomic E-state index is 13.3. The van der Waals surface area contributed by atoms with Gasteiger partial charge in [-0.05, 0) is 59.9 Å². The Morgan fingerprint density at radius 3 is 2.51 bits per heavy atom. The Kier molecular flexibility index (Phi) is 12.2. The van der Waals surface area contributed by atoms with Gasteiger partial charge in [-0.15, -0.1) is 6.42 Å². The molecule has 0 spiro atoms. The van der Waals surface area contributed by atoms with Crippen molar-refractivity contribution in [3.05, 3.63) is 29.7 Å². The minimum atomic E-state index is -0.392. The van der Waals surface area contributed by atoms with E-state index in [0.717, 1.165) is 18.5 Å². The molecule has 1 saturated carbocycles. The van der Waals surface area contributed by atoms with Crippen molar-refractivity contribution in [1.82, 2.24) is 24.9 Å². The zero-order chi connectivity index (χ0) is 29.8. The molecular formula is C29H44N6O6. The van der Waals surface area contributed by atoms with Crippen LogP contribution in [0.15, 0.2) is 18.3 Å². The molecule has 2 N–H and O–H groups in total. The molecule has 2 aromatic rings. The van der Waals surface area contributed by atoms with Crippen LogP contribution in [0.3, 0.4) is 0 Å². The molecule has 0 bridgehead atoms. The van der Waals surface area contributed by atoms with Gasteiger partial charge in [0.05, 0.1) is 50.8 Å². The fourth-order valence-electron chi connectivity index (χ4n) is 4.54. The van der Waals surface area contributed by atoms with E-state index in [9.17, 15) is 9.59 Å². The number of nitrogens with zero attached hydrogens (tertiary/aromatic N) is 4. The Morgan fingerprint density at radius 2 is 1.83 bits per heavy atom. The van der Waals surface area contributed by atoms with Crippen molar-refractivity contribution in [3.8, 4) is 12.3 Å². The lowest BCUT2D eigenvalue weighted by molar-refractivity contribution is 0.0181. The number of alkyl carbamates (subject to hydrolysis) is 1. The molecule has 1 aliphatic rings. The Hall–Kier alpha value is -3.40. The van der Waals surface area contributed by atoms with Crippen LogP contribution >= 0.6 is 0 Å². The molecular weight excluding hydrogens is 528 g/mol. The summed E-state index contributed by atoms with van der Waals surface area (Å²) < 4.78 is 25.2. The number of carbonyl (C=O) groups is 2. The summed E-state index contributed by atoms with van der Waals surface area (Å²) in [5.41, 5.74) is 0.928. The topological polar surface area (TPSA) is 131 Å². The van der Waals surface area contributed by atoms with Crippen LogP contribution in [-0.2, 0) is 31.0 Å². The zero-order valence-electron chi connectivity index (χ0n) is 24.9. The summed E-state index contributed by atoms with van der Waals surface area (Å²) in [6, 6.07) is 3.62. The second-order valence-corrected chi connectivity index (χ2v) is 11.2. The molecule has 12 heteroatoms. The standard InChI is InChI=1S/C29H44N6O6/c1-7-13-38-15-17-40-18-16-39-14-12-34-25(10-11-30-34)27(36)32-26-20-24(33-35(26)29(4,5)6)22-8-9-23(19-22)41-28(37)31-21(2)3/h1,10-11,20-23H,8-9,12-19H2,2-6H3,(H,31,37)(H,32,36)/t22-,23+/m0/s1. The van der Waals surface area contributed by atoms with E-state index >= 15 is 0 Å². The molecule has 0 aromatic carbocycles. The minimum Gasteiger partial charge on any atom is -0.446 e. The number of aromatic nitrogens is 4. The SMILES string of the molecule is C#CCOCCOCCOCCn1nccc1C(=O)Nc1cc([C@H]2CC[C@@H](OC(=O)NC(C)C)C2)nn1C(C)(C)C. The molecule has 0 unspecified atom stereocenters. The van der Waals surface area contributed by atoms with Crippen LogP contribution in [0.2, 0.25) is 0 Å². The van der Waals surface area contributed by atoms with Crippen LogP contribution < -0.4 is 10.6 Å². The second-order valence-electron chi connectivity index (χ2n) is 11.2. The fraction of sp³-hybridized carbons (Fsp3) is 0.655. The van der Waals surface area contributed by atoms with Gasteiger partial charge >= 0.3 is 6.09 Å². The Labute approximate surface area is 242 Å². The van der Waals surface area contributed by atoms with Crippen molar-refractivity contribution in [2.75, 3.05) is 45.0 Å². The number of carbonyl (C=O) groups excluding carboxylic acids is 2. The van der Waals surface area contributed by atoms with Crippen LogP contribution in [-0.4, -0.2) is 83.3 Å². The van der Waals surface area contributed by atoms with Crippen molar-refractivity contribution >= 4 is 17.8 Å². The van der Waals surface area contributed by atoms with Gasteiger partial charge in [-0.1, -0.05) is 5.92 Å². The molecule has 0 saturated heterocycles. The van der Waals surface area contributed by atoms with E-state index in [1.165, 1.54) is 0 Å². The Bertz CT molecular complexity index is 1160. The van der Waals surface area contributed by atoms with Crippen LogP contribution in [0.25, 0.3) is 0 Å². The zero-order valence-corrected chi connectivity index (χ0v) is 24.9. The first-order valence-electron chi connectivity index (χ1n) is 14.2. The van der Waals surface area contributed by atoms with Gasteiger partial charge in [0, 0.05) is 24.2 Å². The number of hydrogen-bond donors (Lipinski definition) is 2. The number of anilines is 1. The second kappa shape index (κ2) is 15.6. The summed E-state index contributed by atoms with van der Waals surface area (Å²) in [5.74, 6) is 2.85. The molecule has 2 aromatic heterocycles. The smallest absolute Gasteiger partial charge is 0.407 e. The van der Waals surface area contributed by atoms with Gasteiger partial charge in [0.2, 0.25) is 0 Å². The highest BCUT2D eigenvalue weighted by molar-refractivity contribution is 6.02. The van der Waals surface area contributed by atoms with Crippen molar-refractivity contribution in [3.63, 3.8) is 0 Å². The molecule has 41 heavy (non-hydrogen) atoms. The highest BCUT2D eigenvalue weighted by Crippen LogP contribution is 2.37. The van der Waals surface area contributed by atoms with Crippen LogP contribution in [0.5, 0.6) is 0 Å². The van der Waals surface area contributed by atoms with Crippen molar-refractivity contribution < 1.29 is 28.5 Å². The van der Waals surface area contributed by atoms with Gasteiger partial charge in [0.25, 0.3) is 5.91 Å². The third-order valence-corrected chi connectivity index (χ3v) is 6.41. The van der Waals surface area contributed by atoms with Crippen LogP contribution in [0, 0.1) is 12.3 Å². The lowest BCUT2D eigenvalue weighted by atomic mass is 10.0. The minimum absolute atomic E-state index is 0.0210. The van der Waals surface area contributed by atoms with Gasteiger partial charge < -0.3 is 29.6 Å².